The van der Waals surface area contributed by atoms with Crippen LogP contribution in [0.25, 0.3) is 0 Å². The third kappa shape index (κ3) is 3.17. The molecule has 0 bridgehead atoms. The number of nitrogens with one attached hydrogen (secondary N) is 2. The summed E-state index contributed by atoms with van der Waals surface area (Å²) in [6, 6.07) is 21.7. The van der Waals surface area contributed by atoms with Crippen molar-refractivity contribution in [2.45, 2.75) is 12.3 Å². The van der Waals surface area contributed by atoms with E-state index >= 15 is 0 Å². The highest BCUT2D eigenvalue weighted by Gasteiger charge is 2.38. The Morgan fingerprint density at radius 3 is 1.67 bits per heavy atom. The predicted octanol–water partition coefficient (Wildman–Crippen LogP) is 3.05. The van der Waals surface area contributed by atoms with Crippen molar-refractivity contribution in [3.05, 3.63) is 71.8 Å². The van der Waals surface area contributed by atoms with Gasteiger partial charge in [-0.05, 0) is 37.7 Å². The summed E-state index contributed by atoms with van der Waals surface area (Å²) in [5.74, 6) is 0.472. The van der Waals surface area contributed by atoms with Crippen LogP contribution in [0.5, 0.6) is 0 Å². The van der Waals surface area contributed by atoms with Crippen LogP contribution in [0, 0.1) is 5.92 Å². The standard InChI is InChI=1S/C19H26N2/c1-16(14-20-2)19(15-21-3,17-10-6-4-7-11-17)18-12-8-5-9-13-18/h4-13,16,20-21H,14-15H2,1-3H3. The molecule has 2 heteroatoms. The lowest BCUT2D eigenvalue weighted by Crippen LogP contribution is -2.46. The van der Waals surface area contributed by atoms with Gasteiger partial charge >= 0.3 is 0 Å². The van der Waals surface area contributed by atoms with E-state index < -0.39 is 0 Å². The van der Waals surface area contributed by atoms with Crippen molar-refractivity contribution in [1.29, 1.82) is 0 Å². The predicted molar refractivity (Wildman–Crippen MR) is 90.7 cm³/mol. The van der Waals surface area contributed by atoms with Crippen LogP contribution in [-0.2, 0) is 5.41 Å². The Bertz CT molecular complexity index is 482. The molecule has 0 aliphatic carbocycles. The molecule has 2 nitrogen and oxygen atoms in total. The lowest BCUT2D eigenvalue weighted by Gasteiger charge is -2.40. The molecule has 0 aliphatic heterocycles. The van der Waals surface area contributed by atoms with Crippen molar-refractivity contribution in [2.24, 2.45) is 5.92 Å². The summed E-state index contributed by atoms with van der Waals surface area (Å²) < 4.78 is 0. The van der Waals surface area contributed by atoms with Crippen LogP contribution in [0.1, 0.15) is 18.1 Å². The largest absolute Gasteiger partial charge is 0.319 e. The monoisotopic (exact) mass is 282 g/mol. The van der Waals surface area contributed by atoms with Gasteiger partial charge in [0.25, 0.3) is 0 Å². The first-order valence-corrected chi connectivity index (χ1v) is 7.66. The first-order chi connectivity index (χ1) is 10.3. The minimum Gasteiger partial charge on any atom is -0.319 e. The van der Waals surface area contributed by atoms with Crippen molar-refractivity contribution in [3.8, 4) is 0 Å². The lowest BCUT2D eigenvalue weighted by molar-refractivity contribution is 0.326. The minimum absolute atomic E-state index is 0.0275. The smallest absolute Gasteiger partial charge is 0.0364 e. The fourth-order valence-corrected chi connectivity index (χ4v) is 3.34. The molecule has 0 saturated carbocycles. The molecule has 1 atom stereocenters. The summed E-state index contributed by atoms with van der Waals surface area (Å²) >= 11 is 0. The molecule has 21 heavy (non-hydrogen) atoms. The maximum absolute atomic E-state index is 3.42. The molecular formula is C19H26N2. The van der Waals surface area contributed by atoms with Gasteiger partial charge in [-0.3, -0.25) is 0 Å². The summed E-state index contributed by atoms with van der Waals surface area (Å²) in [6.45, 7) is 4.23. The van der Waals surface area contributed by atoms with E-state index in [-0.39, 0.29) is 5.41 Å². The molecule has 1 unspecified atom stereocenters. The highest BCUT2D eigenvalue weighted by molar-refractivity contribution is 5.41. The molecular weight excluding hydrogens is 256 g/mol. The Hall–Kier alpha value is -1.64. The second kappa shape index (κ2) is 7.39. The fraction of sp³-hybridized carbons (Fsp3) is 0.368. The maximum atomic E-state index is 3.42. The minimum atomic E-state index is -0.0275. The van der Waals surface area contributed by atoms with Crippen LogP contribution in [0.2, 0.25) is 0 Å². The van der Waals surface area contributed by atoms with Gasteiger partial charge in [-0.15, -0.1) is 0 Å². The van der Waals surface area contributed by atoms with E-state index in [4.69, 9.17) is 0 Å². The van der Waals surface area contributed by atoms with Gasteiger partial charge in [0.1, 0.15) is 0 Å². The van der Waals surface area contributed by atoms with Gasteiger partial charge < -0.3 is 10.6 Å². The van der Waals surface area contributed by atoms with E-state index in [2.05, 4.69) is 78.2 Å². The van der Waals surface area contributed by atoms with Crippen molar-refractivity contribution in [2.75, 3.05) is 27.2 Å². The van der Waals surface area contributed by atoms with Crippen LogP contribution in [0.4, 0.5) is 0 Å². The summed E-state index contributed by atoms with van der Waals surface area (Å²) in [4.78, 5) is 0. The first kappa shape index (κ1) is 15.7. The van der Waals surface area contributed by atoms with Gasteiger partial charge in [0.05, 0.1) is 0 Å². The van der Waals surface area contributed by atoms with Crippen molar-refractivity contribution >= 4 is 0 Å². The van der Waals surface area contributed by atoms with Crippen LogP contribution in [0.15, 0.2) is 60.7 Å². The average Bonchev–Trinajstić information content (AvgIpc) is 2.54. The fourth-order valence-electron chi connectivity index (χ4n) is 3.34. The molecule has 2 N–H and O–H groups in total. The Labute approximate surface area is 128 Å². The number of hydrogen-bond acceptors (Lipinski definition) is 2. The molecule has 2 aromatic carbocycles. The maximum Gasteiger partial charge on any atom is 0.0364 e. The SMILES string of the molecule is CNCC(C)C(CNC)(c1ccccc1)c1ccccc1. The molecule has 0 aliphatic rings. The van der Waals surface area contributed by atoms with E-state index in [1.54, 1.807) is 0 Å². The highest BCUT2D eigenvalue weighted by atomic mass is 14.9. The van der Waals surface area contributed by atoms with Crippen molar-refractivity contribution in [1.82, 2.24) is 10.6 Å². The molecule has 0 spiro atoms. The second-order valence-corrected chi connectivity index (χ2v) is 5.69. The average molecular weight is 282 g/mol. The molecule has 2 rings (SSSR count). The number of hydrogen-bond donors (Lipinski definition) is 2. The molecule has 2 aromatic rings. The molecule has 0 fully saturated rings. The Morgan fingerprint density at radius 2 is 1.29 bits per heavy atom. The number of benzene rings is 2. The van der Waals surface area contributed by atoms with Crippen LogP contribution >= 0.6 is 0 Å². The van der Waals surface area contributed by atoms with Gasteiger partial charge in [-0.2, -0.15) is 0 Å². The van der Waals surface area contributed by atoms with Gasteiger partial charge in [0.2, 0.25) is 0 Å². The quantitative estimate of drug-likeness (QED) is 0.815. The van der Waals surface area contributed by atoms with Crippen molar-refractivity contribution in [3.63, 3.8) is 0 Å². The third-order valence-corrected chi connectivity index (χ3v) is 4.39. The molecule has 0 aromatic heterocycles. The zero-order valence-electron chi connectivity index (χ0n) is 13.3. The van der Waals surface area contributed by atoms with E-state index in [9.17, 15) is 0 Å². The molecule has 112 valence electrons. The Balaban J connectivity index is 2.60. The molecule has 0 radical (unpaired) electrons. The number of rotatable bonds is 7. The topological polar surface area (TPSA) is 24.1 Å². The van der Waals surface area contributed by atoms with Crippen LogP contribution in [0.3, 0.4) is 0 Å². The second-order valence-electron chi connectivity index (χ2n) is 5.69. The third-order valence-electron chi connectivity index (χ3n) is 4.39. The van der Waals surface area contributed by atoms with Crippen molar-refractivity contribution < 1.29 is 0 Å². The van der Waals surface area contributed by atoms with Gasteiger partial charge in [-0.1, -0.05) is 67.6 Å². The molecule has 0 saturated heterocycles. The van der Waals surface area contributed by atoms with Gasteiger partial charge in [0.15, 0.2) is 0 Å². The zero-order chi connectivity index (χ0) is 15.1. The summed E-state index contributed by atoms with van der Waals surface area (Å²) in [5, 5.41) is 6.76. The molecule has 0 amide bonds. The molecule has 0 heterocycles. The van der Waals surface area contributed by atoms with E-state index in [1.807, 2.05) is 14.1 Å². The first-order valence-electron chi connectivity index (χ1n) is 7.66. The van der Waals surface area contributed by atoms with E-state index in [1.165, 1.54) is 11.1 Å². The lowest BCUT2D eigenvalue weighted by atomic mass is 9.66. The van der Waals surface area contributed by atoms with Crippen LogP contribution < -0.4 is 10.6 Å². The Kier molecular flexibility index (Phi) is 5.54. The van der Waals surface area contributed by atoms with E-state index in [0.717, 1.165) is 13.1 Å². The summed E-state index contributed by atoms with van der Waals surface area (Å²) in [5.41, 5.74) is 2.71. The summed E-state index contributed by atoms with van der Waals surface area (Å²) in [6.07, 6.45) is 0. The van der Waals surface area contributed by atoms with Gasteiger partial charge in [0, 0.05) is 12.0 Å². The zero-order valence-corrected chi connectivity index (χ0v) is 13.3. The number of likely N-dealkylation sites (N-methyl/N-ethyl adjacent to an activating group) is 1. The highest BCUT2D eigenvalue weighted by Crippen LogP contribution is 2.38. The normalized spacial score (nSPS) is 13.1. The summed E-state index contributed by atoms with van der Waals surface area (Å²) in [7, 11) is 4.06. The van der Waals surface area contributed by atoms with E-state index in [0.29, 0.717) is 5.92 Å². The Morgan fingerprint density at radius 1 is 0.810 bits per heavy atom. The van der Waals surface area contributed by atoms with Gasteiger partial charge in [-0.25, -0.2) is 0 Å². The van der Waals surface area contributed by atoms with Crippen LogP contribution in [-0.4, -0.2) is 27.2 Å².